The van der Waals surface area contributed by atoms with E-state index in [0.29, 0.717) is 5.82 Å². The van der Waals surface area contributed by atoms with Crippen molar-refractivity contribution in [2.45, 2.75) is 32.6 Å². The second-order valence-electron chi connectivity index (χ2n) is 5.37. The van der Waals surface area contributed by atoms with E-state index in [4.69, 9.17) is 5.11 Å². The molecule has 0 unspecified atom stereocenters. The van der Waals surface area contributed by atoms with Crippen molar-refractivity contribution < 1.29 is 9.90 Å². The van der Waals surface area contributed by atoms with Crippen LogP contribution in [-0.2, 0) is 16.6 Å². The Morgan fingerprint density at radius 1 is 1.26 bits per heavy atom. The molecule has 0 saturated heterocycles. The minimum absolute atomic E-state index is 0.0725. The van der Waals surface area contributed by atoms with E-state index in [0.717, 1.165) is 5.69 Å². The monoisotopic (exact) mass is 260 g/mol. The van der Waals surface area contributed by atoms with Gasteiger partial charge in [-0.05, 0) is 33.5 Å². The highest BCUT2D eigenvalue weighted by molar-refractivity contribution is 5.69. The summed E-state index contributed by atoms with van der Waals surface area (Å²) in [4.78, 5) is 10.7. The van der Waals surface area contributed by atoms with Gasteiger partial charge in [-0.25, -0.2) is 0 Å². The highest BCUT2D eigenvalue weighted by Crippen LogP contribution is 2.23. The molecular formula is C13H16N4O2. The third-order valence-corrected chi connectivity index (χ3v) is 2.82. The first-order valence-corrected chi connectivity index (χ1v) is 5.98. The van der Waals surface area contributed by atoms with Crippen molar-refractivity contribution in [3.63, 3.8) is 0 Å². The van der Waals surface area contributed by atoms with Gasteiger partial charge in [-0.1, -0.05) is 32.9 Å². The fraction of sp³-hybridized carbons (Fsp3) is 0.385. The van der Waals surface area contributed by atoms with Crippen LogP contribution in [0.3, 0.4) is 0 Å². The van der Waals surface area contributed by atoms with Gasteiger partial charge in [0.15, 0.2) is 5.82 Å². The zero-order valence-electron chi connectivity index (χ0n) is 11.2. The van der Waals surface area contributed by atoms with E-state index in [1.165, 1.54) is 10.2 Å². The number of carboxylic acid groups (broad SMARTS) is 1. The van der Waals surface area contributed by atoms with Gasteiger partial charge >= 0.3 is 5.97 Å². The first kappa shape index (κ1) is 13.2. The van der Waals surface area contributed by atoms with Crippen LogP contribution in [0.15, 0.2) is 24.3 Å². The minimum atomic E-state index is -0.956. The van der Waals surface area contributed by atoms with Crippen LogP contribution >= 0.6 is 0 Å². The van der Waals surface area contributed by atoms with E-state index in [-0.39, 0.29) is 11.8 Å². The summed E-state index contributed by atoms with van der Waals surface area (Å²) in [5, 5.41) is 19.9. The zero-order valence-corrected chi connectivity index (χ0v) is 11.2. The smallest absolute Gasteiger partial charge is 0.311 e. The molecule has 1 aromatic heterocycles. The van der Waals surface area contributed by atoms with E-state index >= 15 is 0 Å². The summed E-state index contributed by atoms with van der Waals surface area (Å²) in [7, 11) is 0. The topological polar surface area (TPSA) is 80.9 Å². The molecule has 1 heterocycles. The summed E-state index contributed by atoms with van der Waals surface area (Å²) in [5.41, 5.74) is 2.03. The van der Waals surface area contributed by atoms with Gasteiger partial charge in [0.25, 0.3) is 0 Å². The third kappa shape index (κ3) is 2.96. The maximum Gasteiger partial charge on any atom is 0.311 e. The van der Waals surface area contributed by atoms with Crippen LogP contribution in [0.4, 0.5) is 0 Å². The highest BCUT2D eigenvalue weighted by atomic mass is 16.4. The van der Waals surface area contributed by atoms with Crippen molar-refractivity contribution in [2.75, 3.05) is 0 Å². The lowest BCUT2D eigenvalue weighted by Crippen LogP contribution is -2.12. The predicted molar refractivity (Wildman–Crippen MR) is 69.2 cm³/mol. The van der Waals surface area contributed by atoms with E-state index in [9.17, 15) is 4.79 Å². The number of hydrogen-bond donors (Lipinski definition) is 1. The maximum atomic E-state index is 10.7. The molecule has 0 aliphatic heterocycles. The molecule has 6 heteroatoms. The molecule has 0 amide bonds. The molecule has 0 fully saturated rings. The average Bonchev–Trinajstić information content (AvgIpc) is 2.75. The lowest BCUT2D eigenvalue weighted by atomic mass is 9.87. The van der Waals surface area contributed by atoms with Crippen molar-refractivity contribution in [2.24, 2.45) is 0 Å². The molecule has 1 N–H and O–H groups in total. The molecule has 0 saturated carbocycles. The first-order chi connectivity index (χ1) is 8.88. The van der Waals surface area contributed by atoms with Crippen LogP contribution in [-0.4, -0.2) is 31.3 Å². The SMILES string of the molecule is CC(C)(C)c1ccc(-n2nnnc2CC(=O)O)cc1. The van der Waals surface area contributed by atoms with E-state index < -0.39 is 5.97 Å². The Kier molecular flexibility index (Phi) is 3.33. The van der Waals surface area contributed by atoms with E-state index in [2.05, 4.69) is 36.3 Å². The lowest BCUT2D eigenvalue weighted by molar-refractivity contribution is -0.136. The highest BCUT2D eigenvalue weighted by Gasteiger charge is 2.15. The Morgan fingerprint density at radius 2 is 1.89 bits per heavy atom. The number of hydrogen-bond acceptors (Lipinski definition) is 4. The summed E-state index contributed by atoms with van der Waals surface area (Å²) in [6.45, 7) is 6.40. The van der Waals surface area contributed by atoms with Gasteiger partial charge in [-0.2, -0.15) is 4.68 Å². The number of aliphatic carboxylic acids is 1. The van der Waals surface area contributed by atoms with E-state index in [1.54, 1.807) is 0 Å². The molecule has 6 nitrogen and oxygen atoms in total. The van der Waals surface area contributed by atoms with Gasteiger partial charge < -0.3 is 5.11 Å². The second kappa shape index (κ2) is 4.79. The number of carboxylic acids is 1. The Bertz CT molecular complexity index is 581. The van der Waals surface area contributed by atoms with Gasteiger partial charge in [0, 0.05) is 0 Å². The van der Waals surface area contributed by atoms with Gasteiger partial charge in [0.2, 0.25) is 0 Å². The molecule has 0 aliphatic carbocycles. The van der Waals surface area contributed by atoms with E-state index in [1.807, 2.05) is 24.3 Å². The molecular weight excluding hydrogens is 244 g/mol. The van der Waals surface area contributed by atoms with Crippen LogP contribution in [0.25, 0.3) is 5.69 Å². The summed E-state index contributed by atoms with van der Waals surface area (Å²) in [5.74, 6) is -0.640. The average molecular weight is 260 g/mol. The minimum Gasteiger partial charge on any atom is -0.481 e. The molecule has 2 rings (SSSR count). The zero-order chi connectivity index (χ0) is 14.0. The molecule has 2 aromatic rings. The Morgan fingerprint density at radius 3 is 2.42 bits per heavy atom. The van der Waals surface area contributed by atoms with Crippen LogP contribution < -0.4 is 0 Å². The second-order valence-corrected chi connectivity index (χ2v) is 5.37. The number of carbonyl (C=O) groups is 1. The van der Waals surface area contributed by atoms with Gasteiger partial charge in [-0.15, -0.1) is 5.10 Å². The maximum absolute atomic E-state index is 10.7. The molecule has 100 valence electrons. The molecule has 0 spiro atoms. The molecule has 0 atom stereocenters. The Balaban J connectivity index is 2.33. The standard InChI is InChI=1S/C13H16N4O2/c1-13(2,3)9-4-6-10(7-5-9)17-11(8-12(18)19)14-15-16-17/h4-7H,8H2,1-3H3,(H,18,19). The lowest BCUT2D eigenvalue weighted by Gasteiger charge is -2.19. The fourth-order valence-corrected chi connectivity index (χ4v) is 1.75. The summed E-state index contributed by atoms with van der Waals surface area (Å²) in [6.07, 6.45) is -0.200. The van der Waals surface area contributed by atoms with Crippen LogP contribution in [0.1, 0.15) is 32.2 Å². The Labute approximate surface area is 111 Å². The third-order valence-electron chi connectivity index (χ3n) is 2.82. The van der Waals surface area contributed by atoms with Crippen molar-refractivity contribution in [1.82, 2.24) is 20.2 Å². The van der Waals surface area contributed by atoms with Crippen molar-refractivity contribution in [3.05, 3.63) is 35.7 Å². The number of rotatable bonds is 3. The van der Waals surface area contributed by atoms with Crippen molar-refractivity contribution in [1.29, 1.82) is 0 Å². The predicted octanol–water partition coefficient (Wildman–Crippen LogP) is 1.59. The molecule has 0 bridgehead atoms. The largest absolute Gasteiger partial charge is 0.481 e. The van der Waals surface area contributed by atoms with Crippen LogP contribution in [0.5, 0.6) is 0 Å². The number of nitrogens with zero attached hydrogens (tertiary/aromatic N) is 4. The molecule has 0 aliphatic rings. The summed E-state index contributed by atoms with van der Waals surface area (Å²) in [6, 6.07) is 7.79. The molecule has 1 aromatic carbocycles. The van der Waals surface area contributed by atoms with Crippen molar-refractivity contribution in [3.8, 4) is 5.69 Å². The number of aromatic nitrogens is 4. The molecule has 19 heavy (non-hydrogen) atoms. The Hall–Kier alpha value is -2.24. The van der Waals surface area contributed by atoms with Gasteiger partial charge in [-0.3, -0.25) is 4.79 Å². The van der Waals surface area contributed by atoms with Gasteiger partial charge in [0.05, 0.1) is 5.69 Å². The normalized spacial score (nSPS) is 11.5. The van der Waals surface area contributed by atoms with Crippen LogP contribution in [0.2, 0.25) is 0 Å². The summed E-state index contributed by atoms with van der Waals surface area (Å²) >= 11 is 0. The first-order valence-electron chi connectivity index (χ1n) is 5.98. The fourth-order valence-electron chi connectivity index (χ4n) is 1.75. The molecule has 0 radical (unpaired) electrons. The van der Waals surface area contributed by atoms with Gasteiger partial charge in [0.1, 0.15) is 6.42 Å². The van der Waals surface area contributed by atoms with Crippen LogP contribution in [0, 0.1) is 0 Å². The number of benzene rings is 1. The number of tetrazole rings is 1. The summed E-state index contributed by atoms with van der Waals surface area (Å²) < 4.78 is 1.44. The quantitative estimate of drug-likeness (QED) is 0.906. The van der Waals surface area contributed by atoms with Crippen molar-refractivity contribution >= 4 is 5.97 Å².